The van der Waals surface area contributed by atoms with E-state index in [1.807, 2.05) is 44.2 Å². The lowest BCUT2D eigenvalue weighted by molar-refractivity contribution is -0.167. The zero-order valence-electron chi connectivity index (χ0n) is 14.6. The molecule has 0 unspecified atom stereocenters. The molecule has 1 amide bonds. The number of benzene rings is 1. The standard InChI is InChI=1S/C19H25NO5/c1-4-10-22-15-11-14(16-17(15)25-19(2,3)24-16)20-18(21)23-12-13-8-6-5-7-9-13/h4-9,14-17H,1,10-12H2,2-3H3,(H,20,21)/t14-,15+,16+,17-/m1/s1. The minimum Gasteiger partial charge on any atom is -0.445 e. The van der Waals surface area contributed by atoms with Crippen LogP contribution in [0.25, 0.3) is 0 Å². The van der Waals surface area contributed by atoms with Crippen LogP contribution >= 0.6 is 0 Å². The minimum atomic E-state index is -0.695. The summed E-state index contributed by atoms with van der Waals surface area (Å²) in [6.07, 6.45) is 1.22. The zero-order valence-corrected chi connectivity index (χ0v) is 14.6. The van der Waals surface area contributed by atoms with E-state index in [2.05, 4.69) is 11.9 Å². The molecular weight excluding hydrogens is 322 g/mol. The molecule has 6 nitrogen and oxygen atoms in total. The SMILES string of the molecule is C=CCO[C@H]1C[C@@H](NC(=O)OCc2ccccc2)[C@@H]2OC(C)(C)O[C@@H]21. The Kier molecular flexibility index (Phi) is 5.42. The van der Waals surface area contributed by atoms with Gasteiger partial charge in [-0.2, -0.15) is 0 Å². The second-order valence-electron chi connectivity index (χ2n) is 6.77. The van der Waals surface area contributed by atoms with Crippen molar-refractivity contribution in [2.24, 2.45) is 0 Å². The molecule has 2 aliphatic rings. The van der Waals surface area contributed by atoms with Gasteiger partial charge in [-0.3, -0.25) is 0 Å². The van der Waals surface area contributed by atoms with Crippen LogP contribution in [0.3, 0.4) is 0 Å². The van der Waals surface area contributed by atoms with Crippen LogP contribution in [0.5, 0.6) is 0 Å². The number of amides is 1. The predicted octanol–water partition coefficient (Wildman–Crippen LogP) is 2.78. The number of carbonyl (C=O) groups is 1. The number of hydrogen-bond donors (Lipinski definition) is 1. The number of rotatable bonds is 6. The fourth-order valence-electron chi connectivity index (χ4n) is 3.35. The van der Waals surface area contributed by atoms with Crippen LogP contribution in [0, 0.1) is 0 Å². The second-order valence-corrected chi connectivity index (χ2v) is 6.77. The van der Waals surface area contributed by atoms with Crippen molar-refractivity contribution in [1.82, 2.24) is 5.32 Å². The van der Waals surface area contributed by atoms with E-state index in [-0.39, 0.29) is 31.0 Å². The van der Waals surface area contributed by atoms with Crippen LogP contribution in [0.1, 0.15) is 25.8 Å². The van der Waals surface area contributed by atoms with Gasteiger partial charge >= 0.3 is 6.09 Å². The zero-order chi connectivity index (χ0) is 17.9. The summed E-state index contributed by atoms with van der Waals surface area (Å²) in [7, 11) is 0. The Morgan fingerprint density at radius 2 is 2.04 bits per heavy atom. The lowest BCUT2D eigenvalue weighted by Gasteiger charge is -2.23. The second kappa shape index (κ2) is 7.56. The fourth-order valence-corrected chi connectivity index (χ4v) is 3.35. The highest BCUT2D eigenvalue weighted by atomic mass is 16.8. The van der Waals surface area contributed by atoms with Crippen molar-refractivity contribution >= 4 is 6.09 Å². The summed E-state index contributed by atoms with van der Waals surface area (Å²) >= 11 is 0. The predicted molar refractivity (Wildman–Crippen MR) is 91.9 cm³/mol. The molecule has 0 aromatic heterocycles. The van der Waals surface area contributed by atoms with Crippen molar-refractivity contribution in [3.8, 4) is 0 Å². The summed E-state index contributed by atoms with van der Waals surface area (Å²) in [5.74, 6) is -0.695. The quantitative estimate of drug-likeness (QED) is 0.802. The first-order valence-corrected chi connectivity index (χ1v) is 8.54. The van der Waals surface area contributed by atoms with Gasteiger partial charge in [0.1, 0.15) is 18.8 Å². The van der Waals surface area contributed by atoms with Gasteiger partial charge in [0.05, 0.1) is 18.8 Å². The maximum Gasteiger partial charge on any atom is 0.407 e. The van der Waals surface area contributed by atoms with Gasteiger partial charge in [0.2, 0.25) is 0 Å². The molecule has 1 aromatic rings. The Morgan fingerprint density at radius 1 is 1.32 bits per heavy atom. The van der Waals surface area contributed by atoms with E-state index in [1.165, 1.54) is 0 Å². The van der Waals surface area contributed by atoms with Crippen molar-refractivity contribution < 1.29 is 23.7 Å². The molecular formula is C19H25NO5. The average Bonchev–Trinajstić information content (AvgIpc) is 3.06. The highest BCUT2D eigenvalue weighted by molar-refractivity contribution is 5.67. The molecule has 2 fully saturated rings. The van der Waals surface area contributed by atoms with Crippen LogP contribution in [0.15, 0.2) is 43.0 Å². The maximum absolute atomic E-state index is 12.2. The summed E-state index contributed by atoms with van der Waals surface area (Å²) in [6, 6.07) is 9.34. The van der Waals surface area contributed by atoms with Crippen molar-refractivity contribution in [3.63, 3.8) is 0 Å². The van der Waals surface area contributed by atoms with Gasteiger partial charge in [0.15, 0.2) is 5.79 Å². The van der Waals surface area contributed by atoms with Crippen LogP contribution in [0.4, 0.5) is 4.79 Å². The van der Waals surface area contributed by atoms with Crippen molar-refractivity contribution in [2.45, 2.75) is 57.0 Å². The summed E-state index contributed by atoms with van der Waals surface area (Å²) < 4.78 is 23.0. The summed E-state index contributed by atoms with van der Waals surface area (Å²) in [4.78, 5) is 12.2. The van der Waals surface area contributed by atoms with E-state index < -0.39 is 11.9 Å². The van der Waals surface area contributed by atoms with Gasteiger partial charge in [-0.25, -0.2) is 4.79 Å². The fraction of sp³-hybridized carbons (Fsp3) is 0.526. The molecule has 4 atom stereocenters. The highest BCUT2D eigenvalue weighted by Gasteiger charge is 2.55. The Hall–Kier alpha value is -1.89. The largest absolute Gasteiger partial charge is 0.445 e. The van der Waals surface area contributed by atoms with Crippen molar-refractivity contribution in [3.05, 3.63) is 48.6 Å². The number of nitrogens with one attached hydrogen (secondary N) is 1. The van der Waals surface area contributed by atoms with Crippen molar-refractivity contribution in [1.29, 1.82) is 0 Å². The number of carbonyl (C=O) groups excluding carboxylic acids is 1. The molecule has 1 aliphatic heterocycles. The molecule has 0 bridgehead atoms. The summed E-state index contributed by atoms with van der Waals surface area (Å²) in [5, 5.41) is 2.89. The van der Waals surface area contributed by atoms with Gasteiger partial charge in [0, 0.05) is 0 Å². The number of fused-ring (bicyclic) bond motifs is 1. The number of hydrogen-bond acceptors (Lipinski definition) is 5. The summed E-state index contributed by atoms with van der Waals surface area (Å²) in [5.41, 5.74) is 0.940. The van der Waals surface area contributed by atoms with Crippen molar-refractivity contribution in [2.75, 3.05) is 6.61 Å². The van der Waals surface area contributed by atoms with Gasteiger partial charge < -0.3 is 24.3 Å². The molecule has 1 heterocycles. The van der Waals surface area contributed by atoms with E-state index in [0.717, 1.165) is 5.56 Å². The van der Waals surface area contributed by atoms with E-state index >= 15 is 0 Å². The molecule has 136 valence electrons. The molecule has 1 aromatic carbocycles. The van der Waals surface area contributed by atoms with Crippen LogP contribution in [-0.4, -0.2) is 42.8 Å². The molecule has 1 N–H and O–H groups in total. The average molecular weight is 347 g/mol. The molecule has 3 rings (SSSR count). The Morgan fingerprint density at radius 3 is 2.76 bits per heavy atom. The molecule has 6 heteroatoms. The third-order valence-corrected chi connectivity index (χ3v) is 4.36. The monoisotopic (exact) mass is 347 g/mol. The normalized spacial score (nSPS) is 29.8. The third-order valence-electron chi connectivity index (χ3n) is 4.36. The molecule has 0 spiro atoms. The third kappa shape index (κ3) is 4.39. The van der Waals surface area contributed by atoms with E-state index in [4.69, 9.17) is 18.9 Å². The minimum absolute atomic E-state index is 0.149. The van der Waals surface area contributed by atoms with Gasteiger partial charge in [-0.05, 0) is 25.8 Å². The smallest absolute Gasteiger partial charge is 0.407 e. The Labute approximate surface area is 148 Å². The van der Waals surface area contributed by atoms with E-state index in [0.29, 0.717) is 13.0 Å². The van der Waals surface area contributed by atoms with E-state index in [1.54, 1.807) is 6.08 Å². The van der Waals surface area contributed by atoms with Gasteiger partial charge in [-0.15, -0.1) is 6.58 Å². The van der Waals surface area contributed by atoms with E-state index in [9.17, 15) is 4.79 Å². The first-order chi connectivity index (χ1) is 12.0. The lowest BCUT2D eigenvalue weighted by atomic mass is 10.2. The molecule has 25 heavy (non-hydrogen) atoms. The Bertz CT molecular complexity index is 603. The number of alkyl carbamates (subject to hydrolysis) is 1. The maximum atomic E-state index is 12.2. The van der Waals surface area contributed by atoms with Crippen LogP contribution < -0.4 is 5.32 Å². The first-order valence-electron chi connectivity index (χ1n) is 8.54. The lowest BCUT2D eigenvalue weighted by Crippen LogP contribution is -2.43. The molecule has 1 aliphatic carbocycles. The molecule has 1 saturated carbocycles. The molecule has 0 radical (unpaired) electrons. The van der Waals surface area contributed by atoms with Crippen LogP contribution in [-0.2, 0) is 25.6 Å². The number of ether oxygens (including phenoxy) is 4. The van der Waals surface area contributed by atoms with Gasteiger partial charge in [-0.1, -0.05) is 36.4 Å². The first kappa shape index (κ1) is 17.9. The Balaban J connectivity index is 1.57. The summed E-state index contributed by atoms with van der Waals surface area (Å²) in [6.45, 7) is 8.06. The van der Waals surface area contributed by atoms with Gasteiger partial charge in [0.25, 0.3) is 0 Å². The molecule has 1 saturated heterocycles. The highest BCUT2D eigenvalue weighted by Crippen LogP contribution is 2.39. The topological polar surface area (TPSA) is 66.0 Å². The van der Waals surface area contributed by atoms with Crippen LogP contribution in [0.2, 0.25) is 0 Å².